The second-order valence-electron chi connectivity index (χ2n) is 7.15. The lowest BCUT2D eigenvalue weighted by Crippen LogP contribution is -2.10. The lowest BCUT2D eigenvalue weighted by molar-refractivity contribution is 0.466. The maximum Gasteiger partial charge on any atom is 0.225 e. The SMILES string of the molecule is C[C@H](Nc1nccc(Nc2cc([C@@H]3C[C@H]3F)[nH]n2)n1)c1ccc2[nH]ccc2c1. The van der Waals surface area contributed by atoms with Crippen LogP contribution in [0.15, 0.2) is 48.8 Å². The molecule has 0 amide bonds. The first-order chi connectivity index (χ1) is 13.7. The molecule has 3 aromatic heterocycles. The van der Waals surface area contributed by atoms with Crippen LogP contribution in [0.2, 0.25) is 0 Å². The minimum Gasteiger partial charge on any atom is -0.361 e. The molecule has 8 heteroatoms. The normalized spacial score (nSPS) is 19.5. The number of aromatic amines is 2. The van der Waals surface area contributed by atoms with Gasteiger partial charge in [-0.25, -0.2) is 9.37 Å². The van der Waals surface area contributed by atoms with E-state index in [2.05, 4.69) is 67.0 Å². The van der Waals surface area contributed by atoms with E-state index in [-0.39, 0.29) is 12.0 Å². The van der Waals surface area contributed by atoms with Gasteiger partial charge in [-0.3, -0.25) is 5.10 Å². The van der Waals surface area contributed by atoms with E-state index in [1.54, 1.807) is 12.3 Å². The molecule has 5 rings (SSSR count). The van der Waals surface area contributed by atoms with Crippen LogP contribution >= 0.6 is 0 Å². The van der Waals surface area contributed by atoms with Gasteiger partial charge < -0.3 is 15.6 Å². The Morgan fingerprint density at radius 2 is 2.07 bits per heavy atom. The molecule has 0 spiro atoms. The predicted octanol–water partition coefficient (Wildman–Crippen LogP) is 4.42. The molecule has 3 atom stereocenters. The average molecular weight is 377 g/mol. The van der Waals surface area contributed by atoms with Crippen LogP contribution in [0.3, 0.4) is 0 Å². The van der Waals surface area contributed by atoms with Gasteiger partial charge in [0.15, 0.2) is 5.82 Å². The first-order valence-electron chi connectivity index (χ1n) is 9.29. The zero-order valence-electron chi connectivity index (χ0n) is 15.3. The largest absolute Gasteiger partial charge is 0.361 e. The Bertz CT molecular complexity index is 1120. The summed E-state index contributed by atoms with van der Waals surface area (Å²) in [5.74, 6) is 1.71. The molecular weight excluding hydrogens is 357 g/mol. The first kappa shape index (κ1) is 16.7. The molecular formula is C20H20FN7. The number of halogens is 1. The fraction of sp³-hybridized carbons (Fsp3) is 0.250. The second-order valence-corrected chi connectivity index (χ2v) is 7.15. The molecule has 1 fully saturated rings. The maximum absolute atomic E-state index is 13.2. The van der Waals surface area contributed by atoms with Crippen molar-refractivity contribution in [3.63, 3.8) is 0 Å². The summed E-state index contributed by atoms with van der Waals surface area (Å²) in [6.07, 6.45) is 3.43. The van der Waals surface area contributed by atoms with Crippen molar-refractivity contribution in [1.82, 2.24) is 25.1 Å². The van der Waals surface area contributed by atoms with Crippen molar-refractivity contribution in [2.75, 3.05) is 10.6 Å². The second kappa shape index (κ2) is 6.63. The third-order valence-corrected chi connectivity index (χ3v) is 5.04. The number of fused-ring (bicyclic) bond motifs is 1. The summed E-state index contributed by atoms with van der Waals surface area (Å²) in [4.78, 5) is 12.0. The van der Waals surface area contributed by atoms with Gasteiger partial charge in [0.1, 0.15) is 12.0 Å². The molecule has 142 valence electrons. The van der Waals surface area contributed by atoms with Crippen molar-refractivity contribution in [3.8, 4) is 0 Å². The number of hydrogen-bond acceptors (Lipinski definition) is 5. The summed E-state index contributed by atoms with van der Waals surface area (Å²) < 4.78 is 13.2. The smallest absolute Gasteiger partial charge is 0.225 e. The van der Waals surface area contributed by atoms with Crippen LogP contribution in [0.5, 0.6) is 0 Å². The fourth-order valence-electron chi connectivity index (χ4n) is 3.32. The Labute approximate surface area is 160 Å². The summed E-state index contributed by atoms with van der Waals surface area (Å²) in [5, 5.41) is 14.7. The molecule has 1 saturated carbocycles. The Morgan fingerprint density at radius 3 is 2.93 bits per heavy atom. The highest BCUT2D eigenvalue weighted by Gasteiger charge is 2.40. The van der Waals surface area contributed by atoms with Crippen molar-refractivity contribution in [1.29, 1.82) is 0 Å². The fourth-order valence-corrected chi connectivity index (χ4v) is 3.32. The molecule has 0 bridgehead atoms. The Kier molecular flexibility index (Phi) is 3.96. The maximum atomic E-state index is 13.2. The standard InChI is InChI=1S/C20H20FN7/c1-11(12-2-3-16-13(8-12)4-6-22-16)24-20-23-7-5-18(26-20)25-19-10-17(27-28-19)14-9-15(14)21/h2-8,10-11,14-15,22H,9H2,1H3,(H3,23,24,25,26,27,28)/t11-,14+,15+/m0/s1. The van der Waals surface area contributed by atoms with E-state index in [0.29, 0.717) is 24.0 Å². The van der Waals surface area contributed by atoms with Gasteiger partial charge in [0, 0.05) is 35.6 Å². The average Bonchev–Trinajstić information content (AvgIpc) is 3.09. The third-order valence-electron chi connectivity index (χ3n) is 5.04. The third kappa shape index (κ3) is 3.28. The van der Waals surface area contributed by atoms with E-state index in [0.717, 1.165) is 16.8 Å². The van der Waals surface area contributed by atoms with E-state index in [4.69, 9.17) is 0 Å². The monoisotopic (exact) mass is 377 g/mol. The highest BCUT2D eigenvalue weighted by atomic mass is 19.1. The van der Waals surface area contributed by atoms with E-state index in [9.17, 15) is 4.39 Å². The number of alkyl halides is 1. The Balaban J connectivity index is 1.29. The molecule has 0 saturated heterocycles. The van der Waals surface area contributed by atoms with E-state index in [1.807, 2.05) is 12.3 Å². The van der Waals surface area contributed by atoms with Crippen LogP contribution in [-0.4, -0.2) is 31.3 Å². The molecule has 1 aliphatic carbocycles. The van der Waals surface area contributed by atoms with Crippen molar-refractivity contribution in [2.45, 2.75) is 31.5 Å². The number of H-pyrrole nitrogens is 2. The lowest BCUT2D eigenvalue weighted by Gasteiger charge is -2.15. The van der Waals surface area contributed by atoms with Gasteiger partial charge in [-0.2, -0.15) is 10.1 Å². The van der Waals surface area contributed by atoms with Gasteiger partial charge in [0.2, 0.25) is 5.95 Å². The zero-order chi connectivity index (χ0) is 19.1. The minimum atomic E-state index is -0.755. The highest BCUT2D eigenvalue weighted by molar-refractivity contribution is 5.80. The number of nitrogens with zero attached hydrogens (tertiary/aromatic N) is 3. The van der Waals surface area contributed by atoms with Crippen LogP contribution in [0.25, 0.3) is 10.9 Å². The Morgan fingerprint density at radius 1 is 1.18 bits per heavy atom. The summed E-state index contributed by atoms with van der Waals surface area (Å²) in [6.45, 7) is 2.07. The van der Waals surface area contributed by atoms with E-state index in [1.165, 1.54) is 5.39 Å². The number of hydrogen-bond donors (Lipinski definition) is 4. The van der Waals surface area contributed by atoms with E-state index >= 15 is 0 Å². The van der Waals surface area contributed by atoms with Crippen molar-refractivity contribution in [3.05, 3.63) is 60.0 Å². The van der Waals surface area contributed by atoms with Crippen molar-refractivity contribution < 1.29 is 4.39 Å². The highest BCUT2D eigenvalue weighted by Crippen LogP contribution is 2.43. The number of aromatic nitrogens is 5. The molecule has 7 nitrogen and oxygen atoms in total. The topological polar surface area (TPSA) is 94.3 Å². The molecule has 0 unspecified atom stereocenters. The van der Waals surface area contributed by atoms with E-state index < -0.39 is 6.17 Å². The first-order valence-corrected chi connectivity index (χ1v) is 9.29. The van der Waals surface area contributed by atoms with Crippen molar-refractivity contribution >= 4 is 28.5 Å². The van der Waals surface area contributed by atoms with Gasteiger partial charge in [-0.15, -0.1) is 0 Å². The van der Waals surface area contributed by atoms with Crippen LogP contribution in [0.4, 0.5) is 22.0 Å². The number of nitrogens with one attached hydrogen (secondary N) is 4. The molecule has 1 aliphatic rings. The molecule has 0 aliphatic heterocycles. The Hall–Kier alpha value is -3.42. The summed E-state index contributed by atoms with van der Waals surface area (Å²) in [5.41, 5.74) is 3.08. The summed E-state index contributed by atoms with van der Waals surface area (Å²) in [7, 11) is 0. The van der Waals surface area contributed by atoms with Gasteiger partial charge >= 0.3 is 0 Å². The molecule has 28 heavy (non-hydrogen) atoms. The molecule has 4 aromatic rings. The quantitative estimate of drug-likeness (QED) is 0.399. The number of anilines is 3. The van der Waals surface area contributed by atoms with Gasteiger partial charge in [0.25, 0.3) is 0 Å². The van der Waals surface area contributed by atoms with Crippen molar-refractivity contribution in [2.24, 2.45) is 0 Å². The van der Waals surface area contributed by atoms with Crippen LogP contribution in [0, 0.1) is 0 Å². The molecule has 4 N–H and O–H groups in total. The predicted molar refractivity (Wildman–Crippen MR) is 106 cm³/mol. The van der Waals surface area contributed by atoms with Crippen LogP contribution in [0.1, 0.15) is 36.6 Å². The molecule has 0 radical (unpaired) electrons. The van der Waals surface area contributed by atoms with Gasteiger partial charge in [-0.05, 0) is 48.6 Å². The minimum absolute atomic E-state index is 0.0443. The number of rotatable bonds is 6. The lowest BCUT2D eigenvalue weighted by atomic mass is 10.1. The van der Waals surface area contributed by atoms with Gasteiger partial charge in [0.05, 0.1) is 6.04 Å². The van der Waals surface area contributed by atoms with Crippen LogP contribution < -0.4 is 10.6 Å². The van der Waals surface area contributed by atoms with Gasteiger partial charge in [-0.1, -0.05) is 6.07 Å². The van der Waals surface area contributed by atoms with Crippen LogP contribution in [-0.2, 0) is 0 Å². The number of benzene rings is 1. The molecule has 1 aromatic carbocycles. The summed E-state index contributed by atoms with van der Waals surface area (Å²) in [6, 6.07) is 12.0. The zero-order valence-corrected chi connectivity index (χ0v) is 15.3. The summed E-state index contributed by atoms with van der Waals surface area (Å²) >= 11 is 0. The molecule has 3 heterocycles.